The quantitative estimate of drug-likeness (QED) is 0.127. The highest BCUT2D eigenvalue weighted by atomic mass is 28.4. The van der Waals surface area contributed by atoms with Crippen molar-refractivity contribution in [3.63, 3.8) is 0 Å². The highest BCUT2D eigenvalue weighted by molar-refractivity contribution is 6.72. The van der Waals surface area contributed by atoms with E-state index in [0.717, 1.165) is 16.8 Å². The average Bonchev–Trinajstić information content (AvgIpc) is 3.77. The Balaban J connectivity index is 1.10. The molecular weight excluding hydrogens is 680 g/mol. The highest BCUT2D eigenvalue weighted by Gasteiger charge is 2.66. The molecule has 13 heteroatoms. The number of fused-ring (bicyclic) bond motifs is 2. The van der Waals surface area contributed by atoms with Gasteiger partial charge in [0.2, 0.25) is 20.2 Å². The molecule has 3 amide bonds. The second kappa shape index (κ2) is 13.0. The maximum Gasteiger partial charge on any atom is 0.264 e. The first kappa shape index (κ1) is 34.4. The first-order valence-corrected chi connectivity index (χ1v) is 21.0. The number of aliphatic hydroxyl groups is 1. The number of hydrogen-bond acceptors (Lipinski definition) is 7. The Bertz CT molecular complexity index is 2020. The summed E-state index contributed by atoms with van der Waals surface area (Å²) in [7, 11) is -3.43. The molecule has 1 aromatic heterocycles. The highest BCUT2D eigenvalue weighted by Crippen LogP contribution is 2.61. The van der Waals surface area contributed by atoms with E-state index in [1.165, 1.54) is 0 Å². The molecule has 270 valence electrons. The predicted molar refractivity (Wildman–Crippen MR) is 196 cm³/mol. The number of β-lactam (4-membered cyclic amide) rings is 2. The number of anilines is 3. The standard InChI is InChI=1S/C39H43FN6O5Si/c1-25-37(52(2,3)40)34(15-18-43-23-32(41-42-43)30(24-47)27-7-5-4-6-8-27)51-39(25)31-21-29(45-20-17-36(45)49)13-14-33(31)46(38(39)50)22-26-9-11-28(12-10-26)44-19-16-35(44)48/h4-14,21,23,25,30,34,37,47H,15-20,22,24H2,1-3H3/t25-,30?,34+,37-,39+/m0/s1. The van der Waals surface area contributed by atoms with Gasteiger partial charge < -0.3 is 28.7 Å². The van der Waals surface area contributed by atoms with E-state index in [4.69, 9.17) is 4.74 Å². The molecule has 0 bridgehead atoms. The van der Waals surface area contributed by atoms with Crippen molar-refractivity contribution in [2.45, 2.75) is 75.5 Å². The first-order valence-electron chi connectivity index (χ1n) is 18.1. The van der Waals surface area contributed by atoms with Crippen molar-refractivity contribution in [3.05, 3.63) is 101 Å². The number of rotatable bonds is 11. The van der Waals surface area contributed by atoms with Gasteiger partial charge in [-0.05, 0) is 61.0 Å². The fraction of sp³-hybridized carbons (Fsp3) is 0.410. The van der Waals surface area contributed by atoms with Crippen LogP contribution in [0.1, 0.15) is 54.5 Å². The summed E-state index contributed by atoms with van der Waals surface area (Å²) in [4.78, 5) is 44.6. The monoisotopic (exact) mass is 722 g/mol. The molecule has 3 aromatic carbocycles. The lowest BCUT2D eigenvalue weighted by Gasteiger charge is -2.33. The van der Waals surface area contributed by atoms with Gasteiger partial charge in [-0.1, -0.05) is 54.6 Å². The van der Waals surface area contributed by atoms with Crippen molar-refractivity contribution >= 4 is 43.2 Å². The lowest BCUT2D eigenvalue weighted by Crippen LogP contribution is -2.45. The van der Waals surface area contributed by atoms with Crippen LogP contribution < -0.4 is 14.7 Å². The van der Waals surface area contributed by atoms with Crippen molar-refractivity contribution in [3.8, 4) is 0 Å². The van der Waals surface area contributed by atoms with Gasteiger partial charge in [-0.25, -0.2) is 0 Å². The summed E-state index contributed by atoms with van der Waals surface area (Å²) >= 11 is 0. The third-order valence-corrected chi connectivity index (χ3v) is 13.9. The van der Waals surface area contributed by atoms with Crippen LogP contribution in [0.5, 0.6) is 0 Å². The minimum Gasteiger partial charge on any atom is -0.395 e. The number of carbonyl (C=O) groups excluding carboxylic acids is 3. The Kier molecular flexibility index (Phi) is 8.62. The van der Waals surface area contributed by atoms with E-state index in [2.05, 4.69) is 10.3 Å². The van der Waals surface area contributed by atoms with E-state index in [1.807, 2.05) is 85.9 Å². The van der Waals surface area contributed by atoms with E-state index in [-0.39, 0.29) is 36.8 Å². The molecule has 1 spiro atoms. The third kappa shape index (κ3) is 5.66. The number of amides is 3. The number of halogens is 1. The molecule has 8 rings (SSSR count). The number of hydrogen-bond donors (Lipinski definition) is 1. The van der Waals surface area contributed by atoms with Gasteiger partial charge in [0.05, 0.1) is 36.6 Å². The van der Waals surface area contributed by atoms with Gasteiger partial charge in [-0.3, -0.25) is 19.1 Å². The van der Waals surface area contributed by atoms with E-state index < -0.39 is 31.6 Å². The largest absolute Gasteiger partial charge is 0.395 e. The molecule has 5 atom stereocenters. The molecule has 4 aromatic rings. The Morgan fingerprint density at radius 1 is 0.962 bits per heavy atom. The summed E-state index contributed by atoms with van der Waals surface area (Å²) in [5.41, 5.74) is 3.37. The zero-order valence-corrected chi connectivity index (χ0v) is 30.6. The summed E-state index contributed by atoms with van der Waals surface area (Å²) in [6.07, 6.45) is 2.64. The summed E-state index contributed by atoms with van der Waals surface area (Å²) in [6.45, 7) is 7.12. The maximum atomic E-state index is 16.5. The van der Waals surface area contributed by atoms with Crippen molar-refractivity contribution in [2.75, 3.05) is 34.4 Å². The Morgan fingerprint density at radius 3 is 2.25 bits per heavy atom. The number of ether oxygens (including phenoxy) is 1. The summed E-state index contributed by atoms with van der Waals surface area (Å²) < 4.78 is 25.2. The summed E-state index contributed by atoms with van der Waals surface area (Å²) in [6, 6.07) is 23.0. The van der Waals surface area contributed by atoms with Gasteiger partial charge in [0, 0.05) is 67.1 Å². The molecule has 1 unspecified atom stereocenters. The van der Waals surface area contributed by atoms with Crippen LogP contribution in [0.15, 0.2) is 79.0 Å². The van der Waals surface area contributed by atoms with E-state index in [0.29, 0.717) is 61.5 Å². The van der Waals surface area contributed by atoms with Crippen LogP contribution in [0.3, 0.4) is 0 Å². The number of aryl methyl sites for hydroxylation is 1. The van der Waals surface area contributed by atoms with Crippen LogP contribution >= 0.6 is 0 Å². The molecule has 1 N–H and O–H groups in total. The van der Waals surface area contributed by atoms with Crippen LogP contribution in [0.2, 0.25) is 18.6 Å². The second-order valence-corrected chi connectivity index (χ2v) is 18.8. The van der Waals surface area contributed by atoms with Gasteiger partial charge in [-0.15, -0.1) is 5.10 Å². The van der Waals surface area contributed by atoms with Crippen LogP contribution in [0, 0.1) is 5.92 Å². The number of aliphatic hydroxyl groups excluding tert-OH is 1. The molecule has 5 heterocycles. The maximum absolute atomic E-state index is 16.5. The number of carbonyl (C=O) groups is 3. The van der Waals surface area contributed by atoms with Gasteiger partial charge >= 0.3 is 0 Å². The van der Waals surface area contributed by atoms with E-state index in [1.54, 1.807) is 32.5 Å². The molecular formula is C39H43FN6O5Si. The average molecular weight is 723 g/mol. The van der Waals surface area contributed by atoms with Crippen molar-refractivity contribution in [1.29, 1.82) is 0 Å². The van der Waals surface area contributed by atoms with Gasteiger partial charge in [0.15, 0.2) is 5.60 Å². The number of benzene rings is 3. The summed E-state index contributed by atoms with van der Waals surface area (Å²) in [5, 5.41) is 18.9. The zero-order chi connectivity index (χ0) is 36.4. The fourth-order valence-electron chi connectivity index (χ4n) is 8.67. The Hall–Kier alpha value is -4.72. The smallest absolute Gasteiger partial charge is 0.264 e. The number of aromatic nitrogens is 3. The molecule has 11 nitrogen and oxygen atoms in total. The van der Waals surface area contributed by atoms with E-state index in [9.17, 15) is 19.5 Å². The lowest BCUT2D eigenvalue weighted by atomic mass is 9.82. The van der Waals surface area contributed by atoms with Crippen LogP contribution in [-0.2, 0) is 37.8 Å². The normalized spacial score (nSPS) is 24.8. The minimum absolute atomic E-state index is 0.0206. The van der Waals surface area contributed by atoms with Crippen LogP contribution in [-0.4, -0.2) is 72.0 Å². The van der Waals surface area contributed by atoms with E-state index >= 15 is 4.11 Å². The topological polar surface area (TPSA) is 121 Å². The van der Waals surface area contributed by atoms with Crippen LogP contribution in [0.25, 0.3) is 0 Å². The van der Waals surface area contributed by atoms with Gasteiger partial charge in [0.25, 0.3) is 5.91 Å². The molecule has 0 saturated carbocycles. The van der Waals surface area contributed by atoms with Crippen molar-refractivity contribution < 1.29 is 28.3 Å². The third-order valence-electron chi connectivity index (χ3n) is 11.5. The molecule has 0 aliphatic carbocycles. The Labute approximate surface area is 303 Å². The van der Waals surface area contributed by atoms with Crippen molar-refractivity contribution in [1.82, 2.24) is 15.0 Å². The first-order chi connectivity index (χ1) is 25.0. The molecule has 4 aliphatic heterocycles. The Morgan fingerprint density at radius 2 is 1.63 bits per heavy atom. The molecule has 0 radical (unpaired) electrons. The van der Waals surface area contributed by atoms with Gasteiger partial charge in [0.1, 0.15) is 0 Å². The van der Waals surface area contributed by atoms with Crippen molar-refractivity contribution in [2.24, 2.45) is 5.92 Å². The molecule has 4 aliphatic rings. The minimum atomic E-state index is -3.43. The zero-order valence-electron chi connectivity index (χ0n) is 29.6. The number of nitrogens with zero attached hydrogens (tertiary/aromatic N) is 6. The summed E-state index contributed by atoms with van der Waals surface area (Å²) in [5.74, 6) is -0.952. The fourth-order valence-corrected chi connectivity index (χ4v) is 11.2. The SMILES string of the molecule is C[C@H]1[C@H]([Si](C)(C)F)[C@@H](CCn2cc(C(CO)c3ccccc3)nn2)O[C@]12C(=O)N(Cc1ccc(N3CCC3=O)cc1)c1ccc(N3CCC3=O)cc12. The molecule has 52 heavy (non-hydrogen) atoms. The lowest BCUT2D eigenvalue weighted by molar-refractivity contribution is -0.146. The molecule has 3 saturated heterocycles. The van der Waals surface area contributed by atoms with Crippen LogP contribution in [0.4, 0.5) is 21.2 Å². The van der Waals surface area contributed by atoms with Gasteiger partial charge in [-0.2, -0.15) is 0 Å². The molecule has 3 fully saturated rings. The predicted octanol–water partition coefficient (Wildman–Crippen LogP) is 5.29. The second-order valence-electron chi connectivity index (χ2n) is 15.0.